The van der Waals surface area contributed by atoms with E-state index in [0.717, 1.165) is 15.6 Å². The number of rotatable bonds is 2. The molecule has 142 valence electrons. The summed E-state index contributed by atoms with van der Waals surface area (Å²) in [7, 11) is 1.85. The van der Waals surface area contributed by atoms with Gasteiger partial charge >= 0.3 is 0 Å². The van der Waals surface area contributed by atoms with Gasteiger partial charge in [0.15, 0.2) is 0 Å². The summed E-state index contributed by atoms with van der Waals surface area (Å²) in [5, 5.41) is 5.54. The number of imide groups is 1. The van der Waals surface area contributed by atoms with Gasteiger partial charge in [-0.1, -0.05) is 0 Å². The highest BCUT2D eigenvalue weighted by atomic mass is 32.1. The van der Waals surface area contributed by atoms with Gasteiger partial charge in [0, 0.05) is 51.3 Å². The second-order valence-corrected chi connectivity index (χ2v) is 7.87. The van der Waals surface area contributed by atoms with Crippen LogP contribution in [0.4, 0.5) is 4.39 Å². The molecule has 1 aliphatic rings. The largest absolute Gasteiger partial charge is 0.350 e. The number of fused-ring (bicyclic) bond motifs is 3. The van der Waals surface area contributed by atoms with Crippen molar-refractivity contribution in [2.24, 2.45) is 7.05 Å². The van der Waals surface area contributed by atoms with Crippen LogP contribution in [0.3, 0.4) is 0 Å². The summed E-state index contributed by atoms with van der Waals surface area (Å²) in [6.07, 6.45) is 1.80. The SMILES string of the molecule is Cn1cc(C2=C(c3csc4ccc(F)cc34)C(=O)NC2=O)c2cc3ooc3cc21. The Kier molecular flexibility index (Phi) is 3.07. The monoisotopic (exact) mass is 406 g/mol. The molecule has 0 bridgehead atoms. The first-order chi connectivity index (χ1) is 14.0. The van der Waals surface area contributed by atoms with Crippen LogP contribution in [0.2, 0.25) is 0 Å². The number of halogens is 1. The van der Waals surface area contributed by atoms with E-state index in [9.17, 15) is 14.0 Å². The lowest BCUT2D eigenvalue weighted by atomic mass is 9.95. The number of aryl methyl sites for hydroxylation is 1. The Morgan fingerprint density at radius 1 is 0.966 bits per heavy atom. The van der Waals surface area contributed by atoms with E-state index >= 15 is 0 Å². The summed E-state index contributed by atoms with van der Waals surface area (Å²) in [6.45, 7) is 0. The number of amides is 2. The molecule has 0 fully saturated rings. The maximum atomic E-state index is 13.9. The topological polar surface area (TPSA) is 77.4 Å². The van der Waals surface area contributed by atoms with Crippen LogP contribution in [-0.4, -0.2) is 16.4 Å². The van der Waals surface area contributed by atoms with E-state index in [2.05, 4.69) is 5.32 Å². The first kappa shape index (κ1) is 16.3. The molecular weight excluding hydrogens is 395 g/mol. The van der Waals surface area contributed by atoms with E-state index in [1.165, 1.54) is 23.5 Å². The second kappa shape index (κ2) is 5.45. The molecule has 1 N–H and O–H groups in total. The average Bonchev–Trinajstić information content (AvgIpc) is 3.29. The summed E-state index contributed by atoms with van der Waals surface area (Å²) in [6, 6.07) is 8.04. The molecule has 0 aliphatic carbocycles. The minimum absolute atomic E-state index is 0.249. The quantitative estimate of drug-likeness (QED) is 0.347. The summed E-state index contributed by atoms with van der Waals surface area (Å²) in [5.41, 5.74) is 3.69. The van der Waals surface area contributed by atoms with Crippen molar-refractivity contribution in [1.29, 1.82) is 0 Å². The smallest absolute Gasteiger partial charge is 0.259 e. The lowest BCUT2D eigenvalue weighted by Crippen LogP contribution is -2.22. The van der Waals surface area contributed by atoms with Crippen molar-refractivity contribution in [3.05, 3.63) is 58.9 Å². The summed E-state index contributed by atoms with van der Waals surface area (Å²) in [5.74, 6) is -1.37. The molecule has 0 spiro atoms. The van der Waals surface area contributed by atoms with Crippen LogP contribution in [0.25, 0.3) is 43.3 Å². The van der Waals surface area contributed by atoms with Gasteiger partial charge in [-0.3, -0.25) is 24.1 Å². The van der Waals surface area contributed by atoms with Gasteiger partial charge in [0.2, 0.25) is 11.2 Å². The molecule has 1 aliphatic heterocycles. The van der Waals surface area contributed by atoms with Gasteiger partial charge in [-0.15, -0.1) is 11.3 Å². The molecule has 3 aromatic heterocycles. The normalized spacial score (nSPS) is 14.8. The Labute approximate surface area is 165 Å². The molecule has 2 amide bonds. The average molecular weight is 406 g/mol. The fourth-order valence-electron chi connectivity index (χ4n) is 3.94. The number of nitrogens with one attached hydrogen (secondary N) is 1. The Morgan fingerprint density at radius 3 is 2.45 bits per heavy atom. The molecule has 2 aromatic carbocycles. The minimum atomic E-state index is -0.491. The summed E-state index contributed by atoms with van der Waals surface area (Å²) in [4.78, 5) is 25.5. The van der Waals surface area contributed by atoms with Crippen molar-refractivity contribution >= 4 is 66.5 Å². The van der Waals surface area contributed by atoms with Gasteiger partial charge < -0.3 is 4.57 Å². The van der Waals surface area contributed by atoms with E-state index < -0.39 is 17.6 Å². The molecule has 6 nitrogen and oxygen atoms in total. The van der Waals surface area contributed by atoms with Crippen LogP contribution < -0.4 is 5.32 Å². The highest BCUT2D eigenvalue weighted by molar-refractivity contribution is 7.17. The van der Waals surface area contributed by atoms with E-state index in [1.54, 1.807) is 23.7 Å². The highest BCUT2D eigenvalue weighted by Gasteiger charge is 2.35. The maximum absolute atomic E-state index is 13.9. The predicted molar refractivity (Wildman–Crippen MR) is 107 cm³/mol. The second-order valence-electron chi connectivity index (χ2n) is 6.96. The third kappa shape index (κ3) is 2.14. The zero-order chi connectivity index (χ0) is 19.9. The predicted octanol–water partition coefficient (Wildman–Crippen LogP) is 4.44. The van der Waals surface area contributed by atoms with E-state index in [-0.39, 0.29) is 11.1 Å². The van der Waals surface area contributed by atoms with Crippen LogP contribution in [0, 0.1) is 5.82 Å². The molecule has 4 heterocycles. The first-order valence-corrected chi connectivity index (χ1v) is 9.64. The minimum Gasteiger partial charge on any atom is -0.350 e. The maximum Gasteiger partial charge on any atom is 0.259 e. The zero-order valence-corrected chi connectivity index (χ0v) is 15.7. The number of carbonyl (C=O) groups excluding carboxylic acids is 2. The Balaban J connectivity index is 1.70. The molecule has 0 unspecified atom stereocenters. The molecule has 0 saturated carbocycles. The number of thiophene rings is 1. The number of benzene rings is 2. The molecule has 0 atom stereocenters. The van der Waals surface area contributed by atoms with Crippen LogP contribution in [-0.2, 0) is 16.6 Å². The fourth-order valence-corrected chi connectivity index (χ4v) is 4.87. The van der Waals surface area contributed by atoms with Crippen molar-refractivity contribution in [2.45, 2.75) is 0 Å². The van der Waals surface area contributed by atoms with Crippen LogP contribution in [0.1, 0.15) is 11.1 Å². The summed E-state index contributed by atoms with van der Waals surface area (Å²) < 4.78 is 26.5. The molecule has 6 rings (SSSR count). The van der Waals surface area contributed by atoms with E-state index in [0.29, 0.717) is 27.7 Å². The van der Waals surface area contributed by atoms with Crippen molar-refractivity contribution in [3.8, 4) is 0 Å². The molecule has 0 saturated heterocycles. The number of aromatic nitrogens is 1. The standard InChI is InChI=1S/C21H11FN2O4S/c1-24-7-12(10-5-15-16(28-27-15)6-14(10)24)18-19(21(26)23-20(18)25)13-8-29-17-3-2-9(22)4-11(13)17/h2-8H,1H3,(H,23,25,26). The first-order valence-electron chi connectivity index (χ1n) is 8.76. The molecular formula is C21H11FN2O4S. The fraction of sp³-hybridized carbons (Fsp3) is 0.0476. The zero-order valence-electron chi connectivity index (χ0n) is 14.9. The summed E-state index contributed by atoms with van der Waals surface area (Å²) >= 11 is 1.40. The number of hydrogen-bond acceptors (Lipinski definition) is 5. The Bertz CT molecular complexity index is 1550. The van der Waals surface area contributed by atoms with Gasteiger partial charge in [-0.25, -0.2) is 4.39 Å². The Hall–Kier alpha value is -3.65. The molecule has 8 heteroatoms. The van der Waals surface area contributed by atoms with Crippen molar-refractivity contribution in [2.75, 3.05) is 0 Å². The van der Waals surface area contributed by atoms with Gasteiger partial charge in [0.05, 0.1) is 16.7 Å². The molecule has 29 heavy (non-hydrogen) atoms. The third-order valence-corrected chi connectivity index (χ3v) is 6.25. The molecule has 0 radical (unpaired) electrons. The number of nitrogens with zero attached hydrogens (tertiary/aromatic N) is 1. The van der Waals surface area contributed by atoms with Gasteiger partial charge in [0.1, 0.15) is 5.82 Å². The highest BCUT2D eigenvalue weighted by Crippen LogP contribution is 2.41. The van der Waals surface area contributed by atoms with Crippen LogP contribution in [0.5, 0.6) is 0 Å². The lowest BCUT2D eigenvalue weighted by Gasteiger charge is -2.04. The van der Waals surface area contributed by atoms with E-state index in [1.807, 2.05) is 17.7 Å². The third-order valence-electron chi connectivity index (χ3n) is 5.28. The number of carbonyl (C=O) groups is 2. The Morgan fingerprint density at radius 2 is 1.69 bits per heavy atom. The van der Waals surface area contributed by atoms with Crippen molar-refractivity contribution in [1.82, 2.24) is 9.88 Å². The van der Waals surface area contributed by atoms with Gasteiger partial charge in [-0.05, 0) is 24.3 Å². The van der Waals surface area contributed by atoms with Crippen LogP contribution >= 0.6 is 11.3 Å². The molecule has 5 aromatic rings. The lowest BCUT2D eigenvalue weighted by molar-refractivity contribution is -0.122. The van der Waals surface area contributed by atoms with Gasteiger partial charge in [0.25, 0.3) is 11.8 Å². The van der Waals surface area contributed by atoms with E-state index in [4.69, 9.17) is 9.15 Å². The number of hydrogen-bond donors (Lipinski definition) is 1. The van der Waals surface area contributed by atoms with Gasteiger partial charge in [-0.2, -0.15) is 0 Å². The van der Waals surface area contributed by atoms with Crippen molar-refractivity contribution < 1.29 is 23.1 Å². The van der Waals surface area contributed by atoms with Crippen LogP contribution in [0.15, 0.2) is 51.1 Å². The van der Waals surface area contributed by atoms with Crippen molar-refractivity contribution in [3.63, 3.8) is 0 Å².